The van der Waals surface area contributed by atoms with Crippen LogP contribution in [0, 0.1) is 12.8 Å². The Hall–Kier alpha value is -2.09. The van der Waals surface area contributed by atoms with Crippen molar-refractivity contribution >= 4 is 37.8 Å². The number of hydrogen-bond acceptors (Lipinski definition) is 4. The molecule has 1 amide bonds. The first kappa shape index (κ1) is 23.6. The molecule has 0 radical (unpaired) electrons. The Morgan fingerprint density at radius 3 is 2.56 bits per heavy atom. The molecule has 5 rings (SSSR count). The van der Waals surface area contributed by atoms with Crippen LogP contribution in [0.25, 0.3) is 0 Å². The number of carbonyl (C=O) groups is 1. The van der Waals surface area contributed by atoms with Crippen molar-refractivity contribution in [3.63, 3.8) is 0 Å². The minimum Gasteiger partial charge on any atom is -0.378 e. The van der Waals surface area contributed by atoms with Gasteiger partial charge in [0.05, 0.1) is 12.1 Å². The van der Waals surface area contributed by atoms with Crippen LogP contribution in [-0.2, 0) is 29.7 Å². The highest BCUT2D eigenvalue weighted by atomic mass is 79.9. The van der Waals surface area contributed by atoms with E-state index < -0.39 is 5.60 Å². The van der Waals surface area contributed by atoms with Gasteiger partial charge in [-0.1, -0.05) is 22.0 Å². The number of hydrogen-bond donors (Lipinski definition) is 1. The van der Waals surface area contributed by atoms with E-state index in [4.69, 9.17) is 4.98 Å². The van der Waals surface area contributed by atoms with Gasteiger partial charge in [0.15, 0.2) is 0 Å². The van der Waals surface area contributed by atoms with Crippen molar-refractivity contribution in [2.75, 3.05) is 13.1 Å². The summed E-state index contributed by atoms with van der Waals surface area (Å²) in [5, 5.41) is 12.6. The molecule has 7 heteroatoms. The second kappa shape index (κ2) is 9.51. The van der Waals surface area contributed by atoms with E-state index in [-0.39, 0.29) is 11.8 Å². The van der Waals surface area contributed by atoms with Crippen molar-refractivity contribution < 1.29 is 9.90 Å². The van der Waals surface area contributed by atoms with Gasteiger partial charge in [0.1, 0.15) is 5.60 Å². The number of likely N-dealkylation sites (tertiary alicyclic amines) is 1. The van der Waals surface area contributed by atoms with Crippen LogP contribution in [0.4, 0.5) is 0 Å². The Balaban J connectivity index is 1.47. The Kier molecular flexibility index (Phi) is 6.62. The molecule has 1 aliphatic carbocycles. The Morgan fingerprint density at radius 2 is 1.82 bits per heavy atom. The van der Waals surface area contributed by atoms with Crippen molar-refractivity contribution in [3.8, 4) is 0 Å². The summed E-state index contributed by atoms with van der Waals surface area (Å²) in [4.78, 5) is 23.7. The smallest absolute Gasteiger partial charge is 0.226 e. The molecule has 2 aromatic heterocycles. The van der Waals surface area contributed by atoms with Gasteiger partial charge >= 0.3 is 0 Å². The fraction of sp³-hybridized carbons (Fsp3) is 0.370. The SMILES string of the molecule is Cc1cc(Br)c2c(c1)CCc1cc(Br)cnc1C2(O)C1CCN(C(=O)Cc2ccncc2)CC1. The summed E-state index contributed by atoms with van der Waals surface area (Å²) in [6.07, 6.45) is 8.72. The first-order valence-electron chi connectivity index (χ1n) is 11.7. The zero-order valence-corrected chi connectivity index (χ0v) is 22.3. The van der Waals surface area contributed by atoms with Crippen molar-refractivity contribution in [2.45, 2.75) is 44.6 Å². The summed E-state index contributed by atoms with van der Waals surface area (Å²) in [5.41, 5.74) is 4.86. The summed E-state index contributed by atoms with van der Waals surface area (Å²) >= 11 is 7.34. The van der Waals surface area contributed by atoms with E-state index in [0.29, 0.717) is 19.5 Å². The molecule has 1 aromatic carbocycles. The number of piperidine rings is 1. The summed E-state index contributed by atoms with van der Waals surface area (Å²) < 4.78 is 1.85. The molecule has 1 fully saturated rings. The predicted molar refractivity (Wildman–Crippen MR) is 138 cm³/mol. The number of aliphatic hydroxyl groups is 1. The number of aromatic nitrogens is 2. The number of carbonyl (C=O) groups excluding carboxylic acids is 1. The molecule has 3 aromatic rings. The molecule has 0 spiro atoms. The molecule has 3 heterocycles. The number of nitrogens with zero attached hydrogens (tertiary/aromatic N) is 3. The van der Waals surface area contributed by atoms with Crippen molar-refractivity contribution in [3.05, 3.63) is 91.4 Å². The zero-order chi connectivity index (χ0) is 23.9. The lowest BCUT2D eigenvalue weighted by Gasteiger charge is -2.42. The molecule has 5 nitrogen and oxygen atoms in total. The number of amides is 1. The van der Waals surface area contributed by atoms with Crippen LogP contribution in [0.2, 0.25) is 0 Å². The maximum absolute atomic E-state index is 12.9. The number of rotatable bonds is 3. The lowest BCUT2D eigenvalue weighted by molar-refractivity contribution is -0.133. The molecule has 2 aliphatic rings. The van der Waals surface area contributed by atoms with E-state index in [1.54, 1.807) is 18.6 Å². The molecule has 1 saturated heterocycles. The molecule has 1 N–H and O–H groups in total. The Bertz CT molecular complexity index is 1230. The summed E-state index contributed by atoms with van der Waals surface area (Å²) in [6, 6.07) is 10.1. The molecule has 1 aliphatic heterocycles. The molecule has 0 bridgehead atoms. The lowest BCUT2D eigenvalue weighted by atomic mass is 9.72. The van der Waals surface area contributed by atoms with Crippen LogP contribution in [0.3, 0.4) is 0 Å². The van der Waals surface area contributed by atoms with Crippen molar-refractivity contribution in [1.82, 2.24) is 14.9 Å². The van der Waals surface area contributed by atoms with Crippen LogP contribution < -0.4 is 0 Å². The monoisotopic (exact) mass is 583 g/mol. The predicted octanol–water partition coefficient (Wildman–Crippen LogP) is 5.13. The first-order valence-corrected chi connectivity index (χ1v) is 13.3. The van der Waals surface area contributed by atoms with Gasteiger partial charge in [-0.25, -0.2) is 0 Å². The van der Waals surface area contributed by atoms with Crippen LogP contribution in [0.1, 0.15) is 46.4 Å². The number of halogens is 2. The third-order valence-corrected chi connectivity index (χ3v) is 8.26. The summed E-state index contributed by atoms with van der Waals surface area (Å²) in [6.45, 7) is 3.34. The molecular formula is C27H27Br2N3O2. The molecule has 1 unspecified atom stereocenters. The maximum Gasteiger partial charge on any atom is 0.226 e. The van der Waals surface area contributed by atoms with E-state index in [9.17, 15) is 9.90 Å². The number of benzene rings is 1. The van der Waals surface area contributed by atoms with Crippen LogP contribution in [0.5, 0.6) is 0 Å². The Labute approximate surface area is 216 Å². The molecule has 0 saturated carbocycles. The van der Waals surface area contributed by atoms with Gasteiger partial charge in [0.2, 0.25) is 5.91 Å². The second-order valence-electron chi connectivity index (χ2n) is 9.40. The maximum atomic E-state index is 12.9. The topological polar surface area (TPSA) is 66.3 Å². The van der Waals surface area contributed by atoms with Gasteiger partial charge in [-0.05, 0) is 95.1 Å². The molecular weight excluding hydrogens is 558 g/mol. The molecule has 176 valence electrons. The van der Waals surface area contributed by atoms with E-state index in [2.05, 4.69) is 62.0 Å². The van der Waals surface area contributed by atoms with Crippen molar-refractivity contribution in [1.29, 1.82) is 0 Å². The highest BCUT2D eigenvalue weighted by Gasteiger charge is 2.47. The zero-order valence-electron chi connectivity index (χ0n) is 19.1. The number of pyridine rings is 2. The Morgan fingerprint density at radius 1 is 1.12 bits per heavy atom. The van der Waals surface area contributed by atoms with Gasteiger partial charge in [-0.2, -0.15) is 0 Å². The average molecular weight is 585 g/mol. The van der Waals surface area contributed by atoms with Crippen LogP contribution in [-0.4, -0.2) is 39.0 Å². The third-order valence-electron chi connectivity index (χ3n) is 7.20. The van der Waals surface area contributed by atoms with Crippen molar-refractivity contribution in [2.24, 2.45) is 5.92 Å². The highest BCUT2D eigenvalue weighted by Crippen LogP contribution is 2.48. The largest absolute Gasteiger partial charge is 0.378 e. The van der Waals surface area contributed by atoms with E-state index in [1.165, 1.54) is 11.1 Å². The highest BCUT2D eigenvalue weighted by molar-refractivity contribution is 9.10. The number of aryl methyl sites for hydroxylation is 3. The fourth-order valence-corrected chi connectivity index (χ4v) is 6.87. The summed E-state index contributed by atoms with van der Waals surface area (Å²) in [7, 11) is 0. The summed E-state index contributed by atoms with van der Waals surface area (Å²) in [5.74, 6) is 0.0814. The minimum absolute atomic E-state index is 0.0410. The second-order valence-corrected chi connectivity index (χ2v) is 11.2. The van der Waals surface area contributed by atoms with Gasteiger partial charge in [-0.15, -0.1) is 0 Å². The molecule has 34 heavy (non-hydrogen) atoms. The quantitative estimate of drug-likeness (QED) is 0.464. The normalized spacial score (nSPS) is 20.4. The van der Waals surface area contributed by atoms with Gasteiger partial charge < -0.3 is 10.0 Å². The van der Waals surface area contributed by atoms with Gasteiger partial charge in [0.25, 0.3) is 0 Å². The van der Waals surface area contributed by atoms with Crippen LogP contribution >= 0.6 is 31.9 Å². The van der Waals surface area contributed by atoms with Gasteiger partial charge in [-0.3, -0.25) is 14.8 Å². The van der Waals surface area contributed by atoms with Gasteiger partial charge in [0, 0.05) is 52.1 Å². The van der Waals surface area contributed by atoms with E-state index in [0.717, 1.165) is 57.0 Å². The standard InChI is InChI=1S/C27H27Br2N3O2/c1-17-12-19-2-3-20-15-22(28)16-31-26(20)27(34,25(19)23(29)13-17)21-6-10-32(11-7-21)24(33)14-18-4-8-30-9-5-18/h4-5,8-9,12-13,15-16,21,34H,2-3,6-7,10-11,14H2,1H3. The third kappa shape index (κ3) is 4.34. The van der Waals surface area contributed by atoms with E-state index >= 15 is 0 Å². The minimum atomic E-state index is -1.21. The molecule has 1 atom stereocenters. The van der Waals surface area contributed by atoms with Crippen LogP contribution in [0.15, 0.2) is 57.9 Å². The number of fused-ring (bicyclic) bond motifs is 2. The lowest BCUT2D eigenvalue weighted by Crippen LogP contribution is -2.47. The fourth-order valence-electron chi connectivity index (χ4n) is 5.57. The average Bonchev–Trinajstić information content (AvgIpc) is 2.94. The van der Waals surface area contributed by atoms with E-state index in [1.807, 2.05) is 17.0 Å². The first-order chi connectivity index (χ1) is 16.4.